The van der Waals surface area contributed by atoms with Gasteiger partial charge in [-0.15, -0.1) is 0 Å². The lowest BCUT2D eigenvalue weighted by Gasteiger charge is -2.05. The fraction of sp³-hybridized carbons (Fsp3) is 0.381. The number of aliphatic hydroxyl groups excluding tert-OH is 1. The van der Waals surface area contributed by atoms with Crippen molar-refractivity contribution in [2.45, 2.75) is 44.9 Å². The SMILES string of the molecule is OCCCCCCCCc1c(-c2cccnc2)[nH]c2ccccc12. The maximum Gasteiger partial charge on any atom is 0.0512 e. The average molecular weight is 322 g/mol. The van der Waals surface area contributed by atoms with Gasteiger partial charge < -0.3 is 10.1 Å². The topological polar surface area (TPSA) is 48.9 Å². The first kappa shape index (κ1) is 16.7. The number of aliphatic hydroxyl groups is 1. The summed E-state index contributed by atoms with van der Waals surface area (Å²) in [6.45, 7) is 0.323. The Bertz CT molecular complexity index is 749. The van der Waals surface area contributed by atoms with Crippen LogP contribution in [0, 0.1) is 0 Å². The van der Waals surface area contributed by atoms with Crippen LogP contribution in [-0.4, -0.2) is 21.7 Å². The lowest BCUT2D eigenvalue weighted by atomic mass is 10.00. The Morgan fingerprint density at radius 2 is 1.67 bits per heavy atom. The second-order valence-electron chi connectivity index (χ2n) is 6.36. The van der Waals surface area contributed by atoms with Crippen molar-refractivity contribution in [1.29, 1.82) is 0 Å². The lowest BCUT2D eigenvalue weighted by Crippen LogP contribution is -1.90. The van der Waals surface area contributed by atoms with E-state index in [2.05, 4.69) is 40.3 Å². The van der Waals surface area contributed by atoms with Gasteiger partial charge in [0.05, 0.1) is 5.69 Å². The molecule has 0 aliphatic carbocycles. The van der Waals surface area contributed by atoms with Crippen molar-refractivity contribution < 1.29 is 5.11 Å². The molecular formula is C21H26N2O. The zero-order chi connectivity index (χ0) is 16.6. The van der Waals surface area contributed by atoms with E-state index in [4.69, 9.17) is 5.11 Å². The summed E-state index contributed by atoms with van der Waals surface area (Å²) in [5, 5.41) is 10.2. The van der Waals surface area contributed by atoms with E-state index in [0.29, 0.717) is 6.61 Å². The van der Waals surface area contributed by atoms with Crippen LogP contribution < -0.4 is 0 Å². The first-order chi connectivity index (χ1) is 11.9. The summed E-state index contributed by atoms with van der Waals surface area (Å²) in [6, 6.07) is 12.7. The molecule has 1 aromatic carbocycles. The minimum absolute atomic E-state index is 0.323. The van der Waals surface area contributed by atoms with Gasteiger partial charge in [0.25, 0.3) is 0 Å². The van der Waals surface area contributed by atoms with Gasteiger partial charge in [-0.05, 0) is 43.0 Å². The predicted molar refractivity (Wildman–Crippen MR) is 100 cm³/mol. The van der Waals surface area contributed by atoms with E-state index in [-0.39, 0.29) is 0 Å². The number of unbranched alkanes of at least 4 members (excludes halogenated alkanes) is 5. The largest absolute Gasteiger partial charge is 0.396 e. The van der Waals surface area contributed by atoms with Crippen LogP contribution in [0.25, 0.3) is 22.2 Å². The number of aromatic amines is 1. The highest BCUT2D eigenvalue weighted by Gasteiger charge is 2.12. The standard InChI is InChI=1S/C21H26N2O/c24-15-8-4-2-1-3-5-12-19-18-11-6-7-13-20(18)23-21(19)17-10-9-14-22-16-17/h6-7,9-11,13-14,16,23-24H,1-5,8,12,15H2. The maximum absolute atomic E-state index is 8.82. The fourth-order valence-corrected chi connectivity index (χ4v) is 3.34. The molecule has 0 saturated heterocycles. The number of para-hydroxylation sites is 1. The second-order valence-corrected chi connectivity index (χ2v) is 6.36. The quantitative estimate of drug-likeness (QED) is 0.538. The summed E-state index contributed by atoms with van der Waals surface area (Å²) < 4.78 is 0. The molecule has 0 spiro atoms. The zero-order valence-corrected chi connectivity index (χ0v) is 14.2. The molecule has 24 heavy (non-hydrogen) atoms. The molecule has 0 aliphatic rings. The smallest absolute Gasteiger partial charge is 0.0512 e. The van der Waals surface area contributed by atoms with Gasteiger partial charge in [0.2, 0.25) is 0 Å². The summed E-state index contributed by atoms with van der Waals surface area (Å²) >= 11 is 0. The first-order valence-electron chi connectivity index (χ1n) is 9.01. The molecule has 0 fully saturated rings. The normalized spacial score (nSPS) is 11.2. The van der Waals surface area contributed by atoms with Crippen LogP contribution in [0.1, 0.15) is 44.1 Å². The number of aryl methyl sites for hydroxylation is 1. The molecule has 3 heteroatoms. The number of rotatable bonds is 9. The lowest BCUT2D eigenvalue weighted by molar-refractivity contribution is 0.282. The van der Waals surface area contributed by atoms with Crippen LogP contribution in [0.15, 0.2) is 48.8 Å². The molecule has 126 valence electrons. The van der Waals surface area contributed by atoms with Gasteiger partial charge in [-0.3, -0.25) is 4.98 Å². The molecule has 2 aromatic heterocycles. The van der Waals surface area contributed by atoms with Gasteiger partial charge in [-0.2, -0.15) is 0 Å². The second kappa shape index (κ2) is 8.65. The number of nitrogens with one attached hydrogen (secondary N) is 1. The van der Waals surface area contributed by atoms with E-state index in [1.165, 1.54) is 47.8 Å². The van der Waals surface area contributed by atoms with Gasteiger partial charge in [-0.1, -0.05) is 43.9 Å². The third-order valence-electron chi connectivity index (χ3n) is 4.60. The third kappa shape index (κ3) is 4.04. The molecule has 0 unspecified atom stereocenters. The minimum atomic E-state index is 0.323. The third-order valence-corrected chi connectivity index (χ3v) is 4.60. The Kier molecular flexibility index (Phi) is 6.02. The number of hydrogen-bond donors (Lipinski definition) is 2. The van der Waals surface area contributed by atoms with Gasteiger partial charge >= 0.3 is 0 Å². The highest BCUT2D eigenvalue weighted by Crippen LogP contribution is 2.31. The summed E-state index contributed by atoms with van der Waals surface area (Å²) in [6.07, 6.45) is 11.9. The first-order valence-corrected chi connectivity index (χ1v) is 9.01. The van der Waals surface area contributed by atoms with Crippen molar-refractivity contribution in [3.8, 4) is 11.3 Å². The van der Waals surface area contributed by atoms with E-state index in [1.807, 2.05) is 18.5 Å². The number of fused-ring (bicyclic) bond motifs is 1. The number of benzene rings is 1. The number of H-pyrrole nitrogens is 1. The summed E-state index contributed by atoms with van der Waals surface area (Å²) in [7, 11) is 0. The number of pyridine rings is 1. The van der Waals surface area contributed by atoms with Gasteiger partial charge in [0.1, 0.15) is 0 Å². The molecule has 0 saturated carbocycles. The van der Waals surface area contributed by atoms with E-state index in [1.54, 1.807) is 0 Å². The maximum atomic E-state index is 8.82. The van der Waals surface area contributed by atoms with Crippen molar-refractivity contribution in [2.75, 3.05) is 6.61 Å². The Hall–Kier alpha value is -2.13. The van der Waals surface area contributed by atoms with Crippen LogP contribution in [0.4, 0.5) is 0 Å². The van der Waals surface area contributed by atoms with Crippen molar-refractivity contribution in [3.63, 3.8) is 0 Å². The van der Waals surface area contributed by atoms with E-state index >= 15 is 0 Å². The highest BCUT2D eigenvalue weighted by atomic mass is 16.2. The predicted octanol–water partition coefficient (Wildman–Crippen LogP) is 5.11. The zero-order valence-electron chi connectivity index (χ0n) is 14.2. The van der Waals surface area contributed by atoms with Gasteiger partial charge in [-0.25, -0.2) is 0 Å². The number of hydrogen-bond acceptors (Lipinski definition) is 2. The monoisotopic (exact) mass is 322 g/mol. The van der Waals surface area contributed by atoms with Crippen LogP contribution >= 0.6 is 0 Å². The Morgan fingerprint density at radius 1 is 0.875 bits per heavy atom. The van der Waals surface area contributed by atoms with E-state index < -0.39 is 0 Å². The molecule has 0 bridgehead atoms. The molecule has 0 aliphatic heterocycles. The minimum Gasteiger partial charge on any atom is -0.396 e. The Labute approximate surface area is 143 Å². The van der Waals surface area contributed by atoms with Gasteiger partial charge in [0.15, 0.2) is 0 Å². The van der Waals surface area contributed by atoms with Crippen LogP contribution in [0.3, 0.4) is 0 Å². The Morgan fingerprint density at radius 3 is 2.46 bits per heavy atom. The van der Waals surface area contributed by atoms with E-state index in [0.717, 1.165) is 24.8 Å². The number of nitrogens with zero attached hydrogens (tertiary/aromatic N) is 1. The van der Waals surface area contributed by atoms with Crippen LogP contribution in [-0.2, 0) is 6.42 Å². The molecule has 3 nitrogen and oxygen atoms in total. The molecule has 3 aromatic rings. The molecule has 2 heterocycles. The van der Waals surface area contributed by atoms with Gasteiger partial charge in [0, 0.05) is 35.5 Å². The van der Waals surface area contributed by atoms with Crippen LogP contribution in [0.2, 0.25) is 0 Å². The summed E-state index contributed by atoms with van der Waals surface area (Å²) in [4.78, 5) is 7.85. The molecule has 0 atom stereocenters. The van der Waals surface area contributed by atoms with Crippen molar-refractivity contribution in [2.24, 2.45) is 0 Å². The summed E-state index contributed by atoms with van der Waals surface area (Å²) in [5.41, 5.74) is 4.99. The summed E-state index contributed by atoms with van der Waals surface area (Å²) in [5.74, 6) is 0. The molecule has 2 N–H and O–H groups in total. The Balaban J connectivity index is 1.71. The van der Waals surface area contributed by atoms with E-state index in [9.17, 15) is 0 Å². The molecule has 3 rings (SSSR count). The number of aromatic nitrogens is 2. The average Bonchev–Trinajstić information content (AvgIpc) is 3.00. The highest BCUT2D eigenvalue weighted by molar-refractivity contribution is 5.90. The molecule has 0 amide bonds. The van der Waals surface area contributed by atoms with Crippen molar-refractivity contribution in [1.82, 2.24) is 9.97 Å². The van der Waals surface area contributed by atoms with Crippen molar-refractivity contribution >= 4 is 10.9 Å². The van der Waals surface area contributed by atoms with Crippen LogP contribution in [0.5, 0.6) is 0 Å². The molecule has 0 radical (unpaired) electrons. The fourth-order valence-electron chi connectivity index (χ4n) is 3.34. The molecular weight excluding hydrogens is 296 g/mol. The van der Waals surface area contributed by atoms with Crippen molar-refractivity contribution in [3.05, 3.63) is 54.4 Å².